The average molecular weight is 415 g/mol. The minimum absolute atomic E-state index is 0.155. The van der Waals surface area contributed by atoms with E-state index in [0.29, 0.717) is 17.1 Å². The summed E-state index contributed by atoms with van der Waals surface area (Å²) in [7, 11) is 4.12. The van der Waals surface area contributed by atoms with Crippen molar-refractivity contribution in [1.82, 2.24) is 9.88 Å². The third-order valence-electron chi connectivity index (χ3n) is 5.13. The van der Waals surface area contributed by atoms with E-state index in [1.807, 2.05) is 38.1 Å². The van der Waals surface area contributed by atoms with Gasteiger partial charge in [-0.3, -0.25) is 9.59 Å². The molecule has 2 aromatic rings. The summed E-state index contributed by atoms with van der Waals surface area (Å²) in [6.07, 6.45) is 0.782. The average Bonchev–Trinajstić information content (AvgIpc) is 3.12. The predicted molar refractivity (Wildman–Crippen MR) is 114 cm³/mol. The Morgan fingerprint density at radius 2 is 1.86 bits per heavy atom. The fraction of sp³-hybridized carbons (Fsp3) is 0.409. The summed E-state index contributed by atoms with van der Waals surface area (Å²) in [6.45, 7) is 6.98. The summed E-state index contributed by atoms with van der Waals surface area (Å²) in [5.74, 6) is -1.24. The summed E-state index contributed by atoms with van der Waals surface area (Å²) < 4.78 is 0. The Balaban J connectivity index is 2.03. The first-order valence-corrected chi connectivity index (χ1v) is 10.6. The third-order valence-corrected chi connectivity index (χ3v) is 6.20. The Bertz CT molecular complexity index is 960. The van der Waals surface area contributed by atoms with Crippen LogP contribution in [0.5, 0.6) is 0 Å². The van der Waals surface area contributed by atoms with E-state index >= 15 is 0 Å². The maximum atomic E-state index is 13.4. The standard InChI is InChI=1S/C22H27N3O3S/c1-13-7-9-16(10-8-13)18-17(19(26)21-14(2)23-15(3)29-21)20(27)22(28)25(18)12-6-11-24(4)5/h7-10,18,27H,6,11-12H2,1-5H3/p+1/t18-/m0/s1. The molecule has 1 aromatic heterocycles. The SMILES string of the molecule is Cc1ccc([C@H]2C(C(=O)c3sc(C)nc3C)=C(O)C(=O)N2CCC[NH+](C)C)cc1. The van der Waals surface area contributed by atoms with Crippen LogP contribution in [0.25, 0.3) is 0 Å². The van der Waals surface area contributed by atoms with Gasteiger partial charge in [0.1, 0.15) is 0 Å². The zero-order valence-corrected chi connectivity index (χ0v) is 18.4. The number of amides is 1. The molecule has 0 radical (unpaired) electrons. The van der Waals surface area contributed by atoms with Crippen LogP contribution in [-0.2, 0) is 4.79 Å². The second kappa shape index (κ2) is 8.47. The fourth-order valence-electron chi connectivity index (χ4n) is 3.68. The number of aromatic nitrogens is 1. The van der Waals surface area contributed by atoms with Gasteiger partial charge in [-0.15, -0.1) is 11.3 Å². The number of benzene rings is 1. The van der Waals surface area contributed by atoms with Crippen LogP contribution >= 0.6 is 11.3 Å². The van der Waals surface area contributed by atoms with Crippen molar-refractivity contribution in [2.75, 3.05) is 27.2 Å². The van der Waals surface area contributed by atoms with E-state index in [4.69, 9.17) is 0 Å². The Morgan fingerprint density at radius 3 is 2.41 bits per heavy atom. The van der Waals surface area contributed by atoms with Gasteiger partial charge in [0, 0.05) is 13.0 Å². The zero-order valence-electron chi connectivity index (χ0n) is 17.6. The number of ketones is 1. The zero-order chi connectivity index (χ0) is 21.3. The number of hydrogen-bond acceptors (Lipinski definition) is 5. The number of nitrogens with one attached hydrogen (secondary N) is 1. The van der Waals surface area contributed by atoms with Crippen molar-refractivity contribution < 1.29 is 19.6 Å². The van der Waals surface area contributed by atoms with Crippen molar-refractivity contribution >= 4 is 23.0 Å². The molecule has 0 unspecified atom stereocenters. The van der Waals surface area contributed by atoms with E-state index in [1.165, 1.54) is 16.2 Å². The van der Waals surface area contributed by atoms with Gasteiger partial charge in [0.25, 0.3) is 5.91 Å². The molecular formula is C22H28N3O3S+. The van der Waals surface area contributed by atoms with Crippen molar-refractivity contribution in [3.8, 4) is 0 Å². The monoisotopic (exact) mass is 414 g/mol. The van der Waals surface area contributed by atoms with Gasteiger partial charge >= 0.3 is 0 Å². The molecule has 29 heavy (non-hydrogen) atoms. The predicted octanol–water partition coefficient (Wildman–Crippen LogP) is 2.18. The number of nitrogens with zero attached hydrogens (tertiary/aromatic N) is 2. The molecule has 0 saturated heterocycles. The highest BCUT2D eigenvalue weighted by molar-refractivity contribution is 7.14. The molecule has 1 amide bonds. The molecule has 0 fully saturated rings. The summed E-state index contributed by atoms with van der Waals surface area (Å²) in [4.78, 5) is 34.0. The minimum Gasteiger partial charge on any atom is -0.503 e. The second-order valence-corrected chi connectivity index (χ2v) is 9.06. The molecule has 3 rings (SSSR count). The Kier molecular flexibility index (Phi) is 6.19. The van der Waals surface area contributed by atoms with E-state index in [2.05, 4.69) is 19.1 Å². The number of aliphatic hydroxyl groups is 1. The van der Waals surface area contributed by atoms with Crippen LogP contribution in [-0.4, -0.2) is 53.9 Å². The first-order chi connectivity index (χ1) is 13.7. The summed E-state index contributed by atoms with van der Waals surface area (Å²) in [5.41, 5.74) is 2.70. The van der Waals surface area contributed by atoms with Crippen LogP contribution in [0.1, 0.15) is 44.0 Å². The second-order valence-electron chi connectivity index (χ2n) is 7.86. The van der Waals surface area contributed by atoms with Crippen molar-refractivity contribution in [3.63, 3.8) is 0 Å². The molecule has 1 aliphatic rings. The molecule has 0 aliphatic carbocycles. The molecule has 1 aliphatic heterocycles. The minimum atomic E-state index is -0.588. The number of Topliss-reactive ketones (excluding diaryl/α,β-unsaturated/α-hetero) is 1. The summed E-state index contributed by atoms with van der Waals surface area (Å²) in [6, 6.07) is 7.18. The lowest BCUT2D eigenvalue weighted by molar-refractivity contribution is -0.858. The van der Waals surface area contributed by atoms with Gasteiger partial charge < -0.3 is 14.9 Å². The van der Waals surface area contributed by atoms with Crippen LogP contribution in [0.2, 0.25) is 0 Å². The van der Waals surface area contributed by atoms with Crippen LogP contribution in [0, 0.1) is 20.8 Å². The number of thiazole rings is 1. The lowest BCUT2D eigenvalue weighted by atomic mass is 9.94. The van der Waals surface area contributed by atoms with E-state index in [1.54, 1.807) is 11.8 Å². The first kappa shape index (κ1) is 21.2. The normalized spacial score (nSPS) is 17.0. The van der Waals surface area contributed by atoms with Crippen LogP contribution in [0.4, 0.5) is 0 Å². The van der Waals surface area contributed by atoms with Crippen molar-refractivity contribution in [3.05, 3.63) is 62.3 Å². The molecule has 6 nitrogen and oxygen atoms in total. The van der Waals surface area contributed by atoms with Gasteiger partial charge in [-0.1, -0.05) is 29.8 Å². The fourth-order valence-corrected chi connectivity index (χ4v) is 4.55. The van der Waals surface area contributed by atoms with Crippen molar-refractivity contribution in [2.24, 2.45) is 0 Å². The molecule has 0 spiro atoms. The Labute approximate surface area is 175 Å². The highest BCUT2D eigenvalue weighted by atomic mass is 32.1. The van der Waals surface area contributed by atoms with Gasteiger partial charge in [0.15, 0.2) is 5.76 Å². The highest BCUT2D eigenvalue weighted by Crippen LogP contribution is 2.40. The topological polar surface area (TPSA) is 74.9 Å². The molecule has 1 aromatic carbocycles. The van der Waals surface area contributed by atoms with Gasteiger partial charge in [0.2, 0.25) is 5.78 Å². The molecule has 0 bridgehead atoms. The first-order valence-electron chi connectivity index (χ1n) is 9.79. The molecular weight excluding hydrogens is 386 g/mol. The van der Waals surface area contributed by atoms with Gasteiger partial charge in [-0.2, -0.15) is 0 Å². The third kappa shape index (κ3) is 4.26. The molecule has 7 heteroatoms. The number of hydrogen-bond donors (Lipinski definition) is 2. The molecule has 2 heterocycles. The van der Waals surface area contributed by atoms with Gasteiger partial charge in [0.05, 0.1) is 47.8 Å². The lowest BCUT2D eigenvalue weighted by Crippen LogP contribution is -3.05. The van der Waals surface area contributed by atoms with E-state index in [9.17, 15) is 14.7 Å². The molecule has 0 saturated carbocycles. The molecule has 2 N–H and O–H groups in total. The maximum Gasteiger partial charge on any atom is 0.290 e. The van der Waals surface area contributed by atoms with E-state index < -0.39 is 17.7 Å². The summed E-state index contributed by atoms with van der Waals surface area (Å²) >= 11 is 1.30. The van der Waals surface area contributed by atoms with E-state index in [0.717, 1.165) is 29.1 Å². The molecule has 1 atom stereocenters. The smallest absolute Gasteiger partial charge is 0.290 e. The molecule has 154 valence electrons. The number of carbonyl (C=O) groups excluding carboxylic acids is 2. The number of quaternary nitrogens is 1. The van der Waals surface area contributed by atoms with Crippen LogP contribution < -0.4 is 4.90 Å². The number of rotatable bonds is 7. The van der Waals surface area contributed by atoms with Crippen LogP contribution in [0.15, 0.2) is 35.6 Å². The summed E-state index contributed by atoms with van der Waals surface area (Å²) in [5, 5.41) is 11.5. The van der Waals surface area contributed by atoms with Gasteiger partial charge in [-0.25, -0.2) is 4.98 Å². The number of aryl methyl sites for hydroxylation is 3. The quantitative estimate of drug-likeness (QED) is 0.681. The van der Waals surface area contributed by atoms with Crippen LogP contribution in [0.3, 0.4) is 0 Å². The van der Waals surface area contributed by atoms with Crippen molar-refractivity contribution in [2.45, 2.75) is 33.2 Å². The van der Waals surface area contributed by atoms with E-state index in [-0.39, 0.29) is 11.4 Å². The van der Waals surface area contributed by atoms with Gasteiger partial charge in [-0.05, 0) is 26.3 Å². The lowest BCUT2D eigenvalue weighted by Gasteiger charge is -2.27. The largest absolute Gasteiger partial charge is 0.503 e. The Morgan fingerprint density at radius 1 is 1.21 bits per heavy atom. The Hall–Kier alpha value is -2.51. The highest BCUT2D eigenvalue weighted by Gasteiger charge is 2.44. The van der Waals surface area contributed by atoms with Crippen molar-refractivity contribution in [1.29, 1.82) is 0 Å². The number of carbonyl (C=O) groups is 2. The number of aliphatic hydroxyl groups excluding tert-OH is 1. The maximum absolute atomic E-state index is 13.4.